The monoisotopic (exact) mass is 740 g/mol. The Labute approximate surface area is 263 Å². The molecular weight excluding hydrogens is 716 g/mol. The largest absolute Gasteiger partial charge is 0.509 e. The van der Waals surface area contributed by atoms with Crippen LogP contribution >= 0.6 is 0 Å². The van der Waals surface area contributed by atoms with E-state index < -0.39 is 0 Å². The van der Waals surface area contributed by atoms with E-state index in [4.69, 9.17) is 9.68 Å². The third-order valence-corrected chi connectivity index (χ3v) is 7.41. The van der Waals surface area contributed by atoms with Crippen molar-refractivity contribution in [2.75, 3.05) is 10.1 Å². The molecule has 1 N–H and O–H groups in total. The van der Waals surface area contributed by atoms with E-state index in [1.54, 1.807) is 0 Å². The molecule has 7 heteroatoms. The SMILES string of the molecule is Cc1ccnc(-n2c3[c-]c(Oc4[c-]c(N5[OH+]N(c6ccccc6)c6ccccc65)ccc4)ccc3c3ccccc32)c1.[Pt]. The predicted molar refractivity (Wildman–Crippen MR) is 166 cm³/mol. The van der Waals surface area contributed by atoms with Crippen molar-refractivity contribution in [1.29, 1.82) is 0 Å². The number of benzene rings is 5. The van der Waals surface area contributed by atoms with Gasteiger partial charge in [0, 0.05) is 50.0 Å². The van der Waals surface area contributed by atoms with E-state index in [0.29, 0.717) is 11.5 Å². The molecule has 7 aromatic rings. The van der Waals surface area contributed by atoms with Crippen molar-refractivity contribution in [3.63, 3.8) is 0 Å². The summed E-state index contributed by atoms with van der Waals surface area (Å²) in [5, 5.41) is 6.07. The summed E-state index contributed by atoms with van der Waals surface area (Å²) in [5.41, 5.74) is 6.86. The summed E-state index contributed by atoms with van der Waals surface area (Å²) >= 11 is 0. The maximum Gasteiger partial charge on any atom is 0.148 e. The molecule has 3 heterocycles. The Balaban J connectivity index is 0.00000300. The predicted octanol–water partition coefficient (Wildman–Crippen LogP) is 9.01. The van der Waals surface area contributed by atoms with Crippen LogP contribution in [0, 0.1) is 19.1 Å². The number of nitrogens with zero attached hydrogens (tertiary/aromatic N) is 4. The van der Waals surface area contributed by atoms with Gasteiger partial charge in [-0.3, -0.25) is 0 Å². The molecule has 0 saturated carbocycles. The zero-order chi connectivity index (χ0) is 28.0. The van der Waals surface area contributed by atoms with Gasteiger partial charge in [-0.15, -0.1) is 40.8 Å². The first-order chi connectivity index (χ1) is 20.7. The average Bonchev–Trinajstić information content (AvgIpc) is 3.58. The minimum atomic E-state index is 0. The van der Waals surface area contributed by atoms with Gasteiger partial charge in [-0.05, 0) is 60.3 Å². The molecule has 0 amide bonds. The molecule has 6 nitrogen and oxygen atoms in total. The van der Waals surface area contributed by atoms with Crippen molar-refractivity contribution in [1.82, 2.24) is 9.55 Å². The number of hydrogen-bond donors (Lipinski definition) is 0. The Bertz CT molecular complexity index is 2090. The zero-order valence-corrected chi connectivity index (χ0v) is 25.4. The molecule has 0 aliphatic carbocycles. The average molecular weight is 741 g/mol. The quantitative estimate of drug-likeness (QED) is 0.131. The summed E-state index contributed by atoms with van der Waals surface area (Å²) in [6.07, 6.45) is 1.84. The van der Waals surface area contributed by atoms with Crippen molar-refractivity contribution in [3.8, 4) is 17.3 Å². The van der Waals surface area contributed by atoms with Gasteiger partial charge in [0.15, 0.2) is 0 Å². The third-order valence-electron chi connectivity index (χ3n) is 7.41. The van der Waals surface area contributed by atoms with Crippen LogP contribution in [0.4, 0.5) is 22.7 Å². The fraction of sp³-hybridized carbons (Fsp3) is 0.0278. The molecule has 0 atom stereocenters. The Morgan fingerprint density at radius 1 is 0.674 bits per heavy atom. The van der Waals surface area contributed by atoms with Gasteiger partial charge in [-0.2, -0.15) is 17.1 Å². The first kappa shape index (κ1) is 27.0. The van der Waals surface area contributed by atoms with Gasteiger partial charge in [0.2, 0.25) is 0 Å². The molecular formula is C36H25N4O2Pt-. The smallest absolute Gasteiger partial charge is 0.148 e. The topological polar surface area (TPSA) is 46.3 Å². The molecule has 0 unspecified atom stereocenters. The van der Waals surface area contributed by atoms with Gasteiger partial charge in [-0.25, -0.2) is 4.98 Å². The summed E-state index contributed by atoms with van der Waals surface area (Å²) in [6.45, 7) is 2.07. The van der Waals surface area contributed by atoms with E-state index in [1.165, 1.54) is 0 Å². The van der Waals surface area contributed by atoms with Crippen LogP contribution in [0.15, 0.2) is 128 Å². The van der Waals surface area contributed by atoms with E-state index in [1.807, 2.05) is 95.2 Å². The molecule has 0 saturated heterocycles. The second kappa shape index (κ2) is 11.1. The van der Waals surface area contributed by atoms with E-state index >= 15 is 0 Å². The summed E-state index contributed by atoms with van der Waals surface area (Å²) in [7, 11) is 0. The van der Waals surface area contributed by atoms with Crippen LogP contribution in [0.3, 0.4) is 0 Å². The van der Waals surface area contributed by atoms with Crippen LogP contribution in [-0.2, 0) is 21.1 Å². The Kier molecular flexibility index (Phi) is 6.94. The normalized spacial score (nSPS) is 12.4. The number of hydrogen-bond acceptors (Lipinski definition) is 4. The second-order valence-corrected chi connectivity index (χ2v) is 10.2. The minimum absolute atomic E-state index is 0. The summed E-state index contributed by atoms with van der Waals surface area (Å²) in [4.78, 5) is 9.60. The maximum atomic E-state index is 6.37. The van der Waals surface area contributed by atoms with Crippen molar-refractivity contribution in [2.24, 2.45) is 0 Å². The van der Waals surface area contributed by atoms with Crippen molar-refractivity contribution >= 4 is 44.6 Å². The molecule has 0 spiro atoms. The number of ether oxygens (including phenoxy) is 1. The molecule has 1 aliphatic heterocycles. The summed E-state index contributed by atoms with van der Waals surface area (Å²) in [6, 6.07) is 47.5. The number of aryl methyl sites for hydroxylation is 1. The van der Waals surface area contributed by atoms with Crippen LogP contribution < -0.4 is 14.9 Å². The van der Waals surface area contributed by atoms with E-state index in [0.717, 1.165) is 55.9 Å². The van der Waals surface area contributed by atoms with E-state index in [9.17, 15) is 0 Å². The number of para-hydroxylation sites is 4. The number of rotatable bonds is 5. The van der Waals surface area contributed by atoms with Gasteiger partial charge in [0.25, 0.3) is 0 Å². The number of pyridine rings is 1. The third kappa shape index (κ3) is 4.75. The maximum absolute atomic E-state index is 6.37. The molecule has 2 aromatic heterocycles. The van der Waals surface area contributed by atoms with Gasteiger partial charge >= 0.3 is 0 Å². The molecule has 0 radical (unpaired) electrons. The molecule has 43 heavy (non-hydrogen) atoms. The second-order valence-electron chi connectivity index (χ2n) is 10.2. The van der Waals surface area contributed by atoms with E-state index in [2.05, 4.69) is 71.1 Å². The number of fused-ring (bicyclic) bond motifs is 4. The fourth-order valence-electron chi connectivity index (χ4n) is 5.50. The van der Waals surface area contributed by atoms with Crippen LogP contribution in [-0.4, -0.2) is 14.5 Å². The molecule has 8 rings (SSSR count). The van der Waals surface area contributed by atoms with Crippen LogP contribution in [0.2, 0.25) is 0 Å². The van der Waals surface area contributed by atoms with Crippen LogP contribution in [0.25, 0.3) is 27.6 Å². The first-order valence-corrected chi connectivity index (χ1v) is 13.8. The van der Waals surface area contributed by atoms with Crippen LogP contribution in [0.1, 0.15) is 5.56 Å². The standard InChI is InChI=1S/C36H24N4O2.Pt/c1-25-20-21-37-36(22-25)38-32-15-6-5-14-30(32)31-19-18-29(24-35(31)38)41-28-13-9-12-27(23-28)40-34-17-8-7-16-33(34)39(42-40)26-10-3-2-4-11-26;/h2-22H,1H3;/q-2;/p+1. The number of aromatic nitrogens is 2. The Morgan fingerprint density at radius 3 is 2.26 bits per heavy atom. The Hall–Kier alpha value is -4.90. The van der Waals surface area contributed by atoms with Crippen LogP contribution in [0.5, 0.6) is 11.5 Å². The summed E-state index contributed by atoms with van der Waals surface area (Å²) in [5.74, 6) is 2.02. The van der Waals surface area contributed by atoms with E-state index in [-0.39, 0.29) is 21.1 Å². The van der Waals surface area contributed by atoms with Crippen molar-refractivity contribution in [3.05, 3.63) is 145 Å². The van der Waals surface area contributed by atoms with Gasteiger partial charge in [0.1, 0.15) is 22.9 Å². The van der Waals surface area contributed by atoms with Crippen molar-refractivity contribution < 1.29 is 30.7 Å². The van der Waals surface area contributed by atoms with Crippen molar-refractivity contribution in [2.45, 2.75) is 6.92 Å². The van der Waals surface area contributed by atoms with Gasteiger partial charge in [-0.1, -0.05) is 59.1 Å². The molecule has 1 aliphatic rings. The fourth-order valence-corrected chi connectivity index (χ4v) is 5.50. The van der Waals surface area contributed by atoms with Gasteiger partial charge < -0.3 is 9.30 Å². The van der Waals surface area contributed by atoms with Gasteiger partial charge in [0.05, 0.1) is 0 Å². The molecule has 212 valence electrons. The molecule has 5 aromatic carbocycles. The first-order valence-electron chi connectivity index (χ1n) is 13.8. The molecule has 0 bridgehead atoms. The molecule has 0 fully saturated rings. The number of anilines is 4. The summed E-state index contributed by atoms with van der Waals surface area (Å²) < 4.78 is 8.51. The Morgan fingerprint density at radius 2 is 1.42 bits per heavy atom. The zero-order valence-electron chi connectivity index (χ0n) is 23.1. The minimum Gasteiger partial charge on any atom is -0.509 e.